The molecule has 11 heavy (non-hydrogen) atoms. The first-order valence-corrected chi connectivity index (χ1v) is 4.24. The summed E-state index contributed by atoms with van der Waals surface area (Å²) in [7, 11) is 0. The Morgan fingerprint density at radius 2 is 2.18 bits per heavy atom. The predicted octanol–water partition coefficient (Wildman–Crippen LogP) is 1.49. The van der Waals surface area contributed by atoms with E-state index in [2.05, 4.69) is 6.58 Å². The van der Waals surface area contributed by atoms with Gasteiger partial charge in [-0.2, -0.15) is 0 Å². The first-order chi connectivity index (χ1) is 5.36. The van der Waals surface area contributed by atoms with Crippen LogP contribution in [0.5, 0.6) is 0 Å². The maximum Gasteiger partial charge on any atom is 0.0809 e. The molecule has 1 N–H and O–H groups in total. The highest BCUT2D eigenvalue weighted by Crippen LogP contribution is 2.20. The molecule has 0 aromatic heterocycles. The Morgan fingerprint density at radius 1 is 1.45 bits per heavy atom. The Balaban J connectivity index is 2.27. The second kappa shape index (κ2) is 4.52. The van der Waals surface area contributed by atoms with Gasteiger partial charge >= 0.3 is 0 Å². The minimum absolute atomic E-state index is 0.0775. The van der Waals surface area contributed by atoms with E-state index in [1.165, 1.54) is 6.42 Å². The van der Waals surface area contributed by atoms with Gasteiger partial charge in [-0.25, -0.2) is 0 Å². The lowest BCUT2D eigenvalue weighted by Crippen LogP contribution is -2.29. The van der Waals surface area contributed by atoms with Crippen molar-refractivity contribution in [3.05, 3.63) is 12.7 Å². The van der Waals surface area contributed by atoms with E-state index in [0.717, 1.165) is 19.3 Å². The second-order valence-corrected chi connectivity index (χ2v) is 3.02. The zero-order valence-electron chi connectivity index (χ0n) is 6.83. The van der Waals surface area contributed by atoms with E-state index in [1.807, 2.05) is 6.08 Å². The van der Waals surface area contributed by atoms with Crippen LogP contribution in [0.4, 0.5) is 0 Å². The summed E-state index contributed by atoms with van der Waals surface area (Å²) >= 11 is 0. The maximum absolute atomic E-state index is 8.83. The van der Waals surface area contributed by atoms with Crippen LogP contribution in [0.25, 0.3) is 0 Å². The number of aliphatic hydroxyl groups is 1. The molecule has 1 saturated heterocycles. The zero-order valence-corrected chi connectivity index (χ0v) is 6.83. The minimum atomic E-state index is 0.0775. The first-order valence-electron chi connectivity index (χ1n) is 4.24. The van der Waals surface area contributed by atoms with E-state index in [1.54, 1.807) is 0 Å². The van der Waals surface area contributed by atoms with Crippen LogP contribution in [0.2, 0.25) is 0 Å². The van der Waals surface area contributed by atoms with Crippen molar-refractivity contribution in [2.24, 2.45) is 0 Å². The van der Waals surface area contributed by atoms with Crippen molar-refractivity contribution in [1.82, 2.24) is 0 Å². The van der Waals surface area contributed by atoms with Crippen molar-refractivity contribution in [2.75, 3.05) is 6.61 Å². The smallest absolute Gasteiger partial charge is 0.0809 e. The highest BCUT2D eigenvalue weighted by atomic mass is 16.5. The molecule has 2 heteroatoms. The Bertz CT molecular complexity index is 123. The third-order valence-electron chi connectivity index (χ3n) is 2.07. The predicted molar refractivity (Wildman–Crippen MR) is 44.4 cm³/mol. The van der Waals surface area contributed by atoms with E-state index in [-0.39, 0.29) is 12.7 Å². The van der Waals surface area contributed by atoms with Crippen LogP contribution >= 0.6 is 0 Å². The third-order valence-corrected chi connectivity index (χ3v) is 2.07. The lowest BCUT2D eigenvalue weighted by Gasteiger charge is -2.28. The van der Waals surface area contributed by atoms with Crippen molar-refractivity contribution >= 4 is 0 Å². The summed E-state index contributed by atoms with van der Waals surface area (Å²) in [6.45, 7) is 3.82. The molecule has 2 nitrogen and oxygen atoms in total. The van der Waals surface area contributed by atoms with E-state index in [0.29, 0.717) is 6.10 Å². The zero-order chi connectivity index (χ0) is 8.10. The summed E-state index contributed by atoms with van der Waals surface area (Å²) < 4.78 is 5.55. The molecule has 1 rings (SSSR count). The Morgan fingerprint density at radius 3 is 2.82 bits per heavy atom. The standard InChI is InChI=1S/C9H16O2/c1-2-4-8-5-3-6-9(7-10)11-8/h2,8-10H,1,3-7H2/t8-,9+/m0/s1. The van der Waals surface area contributed by atoms with E-state index >= 15 is 0 Å². The molecule has 0 saturated carbocycles. The molecule has 1 fully saturated rings. The van der Waals surface area contributed by atoms with Gasteiger partial charge in [0.1, 0.15) is 0 Å². The quantitative estimate of drug-likeness (QED) is 0.627. The lowest BCUT2D eigenvalue weighted by atomic mass is 10.0. The summed E-state index contributed by atoms with van der Waals surface area (Å²) in [5, 5.41) is 8.83. The van der Waals surface area contributed by atoms with Gasteiger partial charge in [0.25, 0.3) is 0 Å². The maximum atomic E-state index is 8.83. The van der Waals surface area contributed by atoms with Gasteiger partial charge in [0.05, 0.1) is 18.8 Å². The fraction of sp³-hybridized carbons (Fsp3) is 0.778. The van der Waals surface area contributed by atoms with Gasteiger partial charge in [-0.3, -0.25) is 0 Å². The van der Waals surface area contributed by atoms with Crippen LogP contribution in [-0.4, -0.2) is 23.9 Å². The van der Waals surface area contributed by atoms with Gasteiger partial charge in [0, 0.05) is 0 Å². The minimum Gasteiger partial charge on any atom is -0.394 e. The van der Waals surface area contributed by atoms with Crippen LogP contribution in [0.15, 0.2) is 12.7 Å². The molecule has 1 aliphatic rings. The largest absolute Gasteiger partial charge is 0.394 e. The van der Waals surface area contributed by atoms with Crippen molar-refractivity contribution in [3.8, 4) is 0 Å². The molecule has 1 heterocycles. The van der Waals surface area contributed by atoms with Crippen LogP contribution in [0.3, 0.4) is 0 Å². The number of ether oxygens (including phenoxy) is 1. The molecular formula is C9H16O2. The summed E-state index contributed by atoms with van der Waals surface area (Å²) in [5.41, 5.74) is 0. The molecule has 0 amide bonds. The third kappa shape index (κ3) is 2.64. The molecule has 1 aliphatic heterocycles. The molecular weight excluding hydrogens is 140 g/mol. The second-order valence-electron chi connectivity index (χ2n) is 3.02. The summed E-state index contributed by atoms with van der Waals surface area (Å²) in [6, 6.07) is 0. The van der Waals surface area contributed by atoms with Crippen LogP contribution in [0.1, 0.15) is 25.7 Å². The van der Waals surface area contributed by atoms with Crippen LogP contribution < -0.4 is 0 Å². The molecule has 64 valence electrons. The fourth-order valence-electron chi connectivity index (χ4n) is 1.48. The molecule has 0 aromatic rings. The van der Waals surface area contributed by atoms with Crippen LogP contribution in [-0.2, 0) is 4.74 Å². The Hall–Kier alpha value is -0.340. The molecule has 0 bridgehead atoms. The SMILES string of the molecule is C=CC[C@H]1CCC[C@H](CO)O1. The van der Waals surface area contributed by atoms with Crippen molar-refractivity contribution in [2.45, 2.75) is 37.9 Å². The highest BCUT2D eigenvalue weighted by Gasteiger charge is 2.20. The Labute approximate surface area is 67.9 Å². The summed E-state index contributed by atoms with van der Waals surface area (Å²) in [5.74, 6) is 0. The number of rotatable bonds is 3. The van der Waals surface area contributed by atoms with Gasteiger partial charge in [0.2, 0.25) is 0 Å². The van der Waals surface area contributed by atoms with E-state index in [4.69, 9.17) is 9.84 Å². The van der Waals surface area contributed by atoms with Gasteiger partial charge in [0.15, 0.2) is 0 Å². The summed E-state index contributed by atoms with van der Waals surface area (Å²) in [4.78, 5) is 0. The van der Waals surface area contributed by atoms with Crippen molar-refractivity contribution in [3.63, 3.8) is 0 Å². The fourth-order valence-corrected chi connectivity index (χ4v) is 1.48. The highest BCUT2D eigenvalue weighted by molar-refractivity contribution is 4.78. The van der Waals surface area contributed by atoms with Gasteiger partial charge in [-0.15, -0.1) is 6.58 Å². The van der Waals surface area contributed by atoms with E-state index in [9.17, 15) is 0 Å². The number of hydrogen-bond acceptors (Lipinski definition) is 2. The molecule has 0 spiro atoms. The average Bonchev–Trinajstić information content (AvgIpc) is 2.06. The first kappa shape index (κ1) is 8.75. The lowest BCUT2D eigenvalue weighted by molar-refractivity contribution is -0.0698. The Kier molecular flexibility index (Phi) is 3.60. The van der Waals surface area contributed by atoms with Gasteiger partial charge in [-0.05, 0) is 25.7 Å². The van der Waals surface area contributed by atoms with Crippen LogP contribution in [0, 0.1) is 0 Å². The van der Waals surface area contributed by atoms with Gasteiger partial charge < -0.3 is 9.84 Å². The molecule has 0 unspecified atom stereocenters. The molecule has 2 atom stereocenters. The molecule has 0 aliphatic carbocycles. The summed E-state index contributed by atoms with van der Waals surface area (Å²) in [6.07, 6.45) is 6.46. The topological polar surface area (TPSA) is 29.5 Å². The average molecular weight is 156 g/mol. The number of aliphatic hydroxyl groups excluding tert-OH is 1. The van der Waals surface area contributed by atoms with E-state index < -0.39 is 0 Å². The van der Waals surface area contributed by atoms with Crippen molar-refractivity contribution < 1.29 is 9.84 Å². The van der Waals surface area contributed by atoms with Gasteiger partial charge in [-0.1, -0.05) is 6.08 Å². The molecule has 0 aromatic carbocycles. The van der Waals surface area contributed by atoms with Crippen molar-refractivity contribution in [1.29, 1.82) is 0 Å². The monoisotopic (exact) mass is 156 g/mol. The number of hydrogen-bond donors (Lipinski definition) is 1. The molecule has 0 radical (unpaired) electrons. The normalized spacial score (nSPS) is 31.7.